The number of aromatic nitrogens is 2. The van der Waals surface area contributed by atoms with Crippen molar-refractivity contribution in [1.29, 1.82) is 0 Å². The van der Waals surface area contributed by atoms with Crippen molar-refractivity contribution >= 4 is 34.2 Å². The molecule has 0 aliphatic heterocycles. The van der Waals surface area contributed by atoms with E-state index in [0.717, 1.165) is 28.3 Å². The number of aryl methyl sites for hydroxylation is 1. The van der Waals surface area contributed by atoms with Gasteiger partial charge in [-0.2, -0.15) is 0 Å². The minimum atomic E-state index is 0.496. The maximum absolute atomic E-state index is 6.49. The predicted molar refractivity (Wildman–Crippen MR) is 90.5 cm³/mol. The summed E-state index contributed by atoms with van der Waals surface area (Å²) in [5.74, 6) is 2.35. The molecule has 1 aliphatic rings. The molecule has 0 saturated heterocycles. The largest absolute Gasteiger partial charge is 0.323 e. The van der Waals surface area contributed by atoms with Gasteiger partial charge in [0.25, 0.3) is 0 Å². The summed E-state index contributed by atoms with van der Waals surface area (Å²) in [5.41, 5.74) is 2.09. The van der Waals surface area contributed by atoms with Gasteiger partial charge >= 0.3 is 0 Å². The van der Waals surface area contributed by atoms with Gasteiger partial charge in [0.2, 0.25) is 0 Å². The lowest BCUT2D eigenvalue weighted by molar-refractivity contribution is 0.333. The summed E-state index contributed by atoms with van der Waals surface area (Å²) >= 11 is 12.5. The van der Waals surface area contributed by atoms with Crippen molar-refractivity contribution in [2.45, 2.75) is 51.5 Å². The second kappa shape index (κ2) is 6.58. The van der Waals surface area contributed by atoms with Crippen LogP contribution in [0.2, 0.25) is 5.02 Å². The molecule has 2 nitrogen and oxygen atoms in total. The second-order valence-electron chi connectivity index (χ2n) is 6.13. The normalized spacial score (nSPS) is 23.4. The Labute approximate surface area is 136 Å². The van der Waals surface area contributed by atoms with E-state index in [-0.39, 0.29) is 0 Å². The van der Waals surface area contributed by atoms with Gasteiger partial charge in [0, 0.05) is 18.3 Å². The Morgan fingerprint density at radius 3 is 2.86 bits per heavy atom. The van der Waals surface area contributed by atoms with Gasteiger partial charge in [0.1, 0.15) is 5.82 Å². The Hall–Kier alpha value is -0.730. The number of fused-ring (bicyclic) bond motifs is 1. The van der Waals surface area contributed by atoms with Gasteiger partial charge in [0.05, 0.1) is 16.1 Å². The predicted octanol–water partition coefficient (Wildman–Crippen LogP) is 5.61. The van der Waals surface area contributed by atoms with Crippen LogP contribution in [0.4, 0.5) is 0 Å². The average molecular weight is 325 g/mol. The molecule has 1 heterocycles. The van der Waals surface area contributed by atoms with Gasteiger partial charge in [-0.3, -0.25) is 0 Å². The van der Waals surface area contributed by atoms with Crippen LogP contribution in [0.25, 0.3) is 11.0 Å². The first-order valence-electron chi connectivity index (χ1n) is 7.93. The van der Waals surface area contributed by atoms with Crippen molar-refractivity contribution in [2.24, 2.45) is 5.92 Å². The first kappa shape index (κ1) is 15.2. The topological polar surface area (TPSA) is 17.8 Å². The number of para-hydroxylation sites is 1. The Morgan fingerprint density at radius 2 is 2.05 bits per heavy atom. The minimum absolute atomic E-state index is 0.496. The second-order valence-corrected chi connectivity index (χ2v) is 6.91. The van der Waals surface area contributed by atoms with E-state index in [1.807, 2.05) is 12.1 Å². The van der Waals surface area contributed by atoms with Gasteiger partial charge in [-0.25, -0.2) is 4.98 Å². The first-order valence-corrected chi connectivity index (χ1v) is 8.85. The van der Waals surface area contributed by atoms with Crippen LogP contribution in [0.3, 0.4) is 0 Å². The fraction of sp³-hybridized carbons (Fsp3) is 0.588. The lowest BCUT2D eigenvalue weighted by Gasteiger charge is -2.26. The summed E-state index contributed by atoms with van der Waals surface area (Å²) in [5, 5.41) is 0.803. The Balaban J connectivity index is 2.15. The molecular weight excluding hydrogens is 303 g/mol. The van der Waals surface area contributed by atoms with Crippen molar-refractivity contribution in [3.8, 4) is 0 Å². The van der Waals surface area contributed by atoms with Crippen LogP contribution in [-0.2, 0) is 6.42 Å². The number of hydrogen-bond acceptors (Lipinski definition) is 1. The van der Waals surface area contributed by atoms with Crippen LogP contribution in [0.5, 0.6) is 0 Å². The van der Waals surface area contributed by atoms with E-state index in [9.17, 15) is 0 Å². The van der Waals surface area contributed by atoms with E-state index in [1.54, 1.807) is 0 Å². The van der Waals surface area contributed by atoms with E-state index in [0.29, 0.717) is 17.8 Å². The van der Waals surface area contributed by atoms with Crippen molar-refractivity contribution in [1.82, 2.24) is 9.55 Å². The molecular formula is C17H22Cl2N2. The fourth-order valence-corrected chi connectivity index (χ4v) is 4.06. The molecule has 0 radical (unpaired) electrons. The van der Waals surface area contributed by atoms with Crippen LogP contribution >= 0.6 is 23.2 Å². The monoisotopic (exact) mass is 324 g/mol. The lowest BCUT2D eigenvalue weighted by Crippen LogP contribution is -2.19. The summed E-state index contributed by atoms with van der Waals surface area (Å²) in [7, 11) is 0. The molecule has 1 aromatic carbocycles. The third-order valence-electron chi connectivity index (χ3n) is 4.70. The van der Waals surface area contributed by atoms with Crippen LogP contribution < -0.4 is 0 Å². The van der Waals surface area contributed by atoms with Crippen LogP contribution in [0.1, 0.15) is 50.9 Å². The fourth-order valence-electron chi connectivity index (χ4n) is 3.63. The molecule has 0 spiro atoms. The number of halogens is 2. The van der Waals surface area contributed by atoms with E-state index in [1.165, 1.54) is 32.1 Å². The standard InChI is InChI=1S/C17H22Cl2N2/c1-12-6-3-2-4-9-15(12)21-16(10-11-18)20-14-8-5-7-13(19)17(14)21/h5,7-8,12,15H,2-4,6,9-11H2,1H3. The number of imidazole rings is 1. The smallest absolute Gasteiger partial charge is 0.111 e. The molecule has 4 heteroatoms. The van der Waals surface area contributed by atoms with Gasteiger partial charge in [-0.15, -0.1) is 11.6 Å². The summed E-state index contributed by atoms with van der Waals surface area (Å²) in [6.07, 6.45) is 7.27. The third-order valence-corrected chi connectivity index (χ3v) is 5.19. The minimum Gasteiger partial charge on any atom is -0.323 e. The third kappa shape index (κ3) is 2.93. The Bertz CT molecular complexity index is 621. The quantitative estimate of drug-likeness (QED) is 0.529. The van der Waals surface area contributed by atoms with Crippen molar-refractivity contribution in [2.75, 3.05) is 5.88 Å². The highest BCUT2D eigenvalue weighted by Gasteiger charge is 2.26. The molecule has 1 aromatic heterocycles. The first-order chi connectivity index (χ1) is 10.2. The van der Waals surface area contributed by atoms with E-state index >= 15 is 0 Å². The number of rotatable bonds is 3. The SMILES string of the molecule is CC1CCCCCC1n1c(CCCl)nc2cccc(Cl)c21. The molecule has 2 unspecified atom stereocenters. The lowest BCUT2D eigenvalue weighted by atomic mass is 9.96. The molecule has 3 rings (SSSR count). The zero-order valence-electron chi connectivity index (χ0n) is 12.5. The maximum atomic E-state index is 6.49. The molecule has 1 aliphatic carbocycles. The highest BCUT2D eigenvalue weighted by Crippen LogP contribution is 2.37. The van der Waals surface area contributed by atoms with Crippen molar-refractivity contribution < 1.29 is 0 Å². The Kier molecular flexibility index (Phi) is 4.75. The van der Waals surface area contributed by atoms with E-state index < -0.39 is 0 Å². The maximum Gasteiger partial charge on any atom is 0.111 e. The van der Waals surface area contributed by atoms with Gasteiger partial charge in [0.15, 0.2) is 0 Å². The zero-order valence-corrected chi connectivity index (χ0v) is 14.0. The van der Waals surface area contributed by atoms with Gasteiger partial charge < -0.3 is 4.57 Å². The molecule has 1 fully saturated rings. The van der Waals surface area contributed by atoms with Gasteiger partial charge in [-0.1, -0.05) is 43.9 Å². The number of benzene rings is 1. The molecule has 114 valence electrons. The average Bonchev–Trinajstić information content (AvgIpc) is 2.69. The van der Waals surface area contributed by atoms with Gasteiger partial charge in [-0.05, 0) is 30.9 Å². The van der Waals surface area contributed by atoms with Crippen LogP contribution in [-0.4, -0.2) is 15.4 Å². The molecule has 0 amide bonds. The molecule has 21 heavy (non-hydrogen) atoms. The van der Waals surface area contributed by atoms with Crippen LogP contribution in [0.15, 0.2) is 18.2 Å². The highest BCUT2D eigenvalue weighted by molar-refractivity contribution is 6.35. The molecule has 2 atom stereocenters. The van der Waals surface area contributed by atoms with Crippen molar-refractivity contribution in [3.05, 3.63) is 29.0 Å². The zero-order chi connectivity index (χ0) is 14.8. The molecule has 1 saturated carbocycles. The molecule has 0 N–H and O–H groups in total. The van der Waals surface area contributed by atoms with Crippen LogP contribution in [0, 0.1) is 5.92 Å². The number of hydrogen-bond donors (Lipinski definition) is 0. The Morgan fingerprint density at radius 1 is 1.24 bits per heavy atom. The summed E-state index contributed by atoms with van der Waals surface area (Å²) in [6, 6.07) is 6.49. The number of nitrogens with zero attached hydrogens (tertiary/aromatic N) is 2. The summed E-state index contributed by atoms with van der Waals surface area (Å²) in [6.45, 7) is 2.36. The summed E-state index contributed by atoms with van der Waals surface area (Å²) < 4.78 is 2.40. The molecule has 2 aromatic rings. The van der Waals surface area contributed by atoms with E-state index in [4.69, 9.17) is 28.2 Å². The van der Waals surface area contributed by atoms with E-state index in [2.05, 4.69) is 17.6 Å². The molecule has 0 bridgehead atoms. The van der Waals surface area contributed by atoms with Crippen molar-refractivity contribution in [3.63, 3.8) is 0 Å². The highest BCUT2D eigenvalue weighted by atomic mass is 35.5. The number of alkyl halides is 1. The summed E-state index contributed by atoms with van der Waals surface area (Å²) in [4.78, 5) is 4.80.